The number of rotatable bonds is 4. The van der Waals surface area contributed by atoms with E-state index in [1.807, 2.05) is 16.2 Å². The van der Waals surface area contributed by atoms with Crippen molar-refractivity contribution in [3.8, 4) is 0 Å². The summed E-state index contributed by atoms with van der Waals surface area (Å²) in [7, 11) is 0. The Bertz CT molecular complexity index is 901. The lowest BCUT2D eigenvalue weighted by Crippen LogP contribution is -2.49. The number of nitrogens with zero attached hydrogens (tertiary/aromatic N) is 4. The number of hydrogen-bond donors (Lipinski definition) is 0. The van der Waals surface area contributed by atoms with Gasteiger partial charge >= 0.3 is 0 Å². The lowest BCUT2D eigenvalue weighted by atomic mass is 9.89. The molecule has 2 aromatic rings. The minimum atomic E-state index is 0.169. The molecule has 3 aliphatic rings. The molecule has 1 aliphatic heterocycles. The molecule has 0 N–H and O–H groups in total. The Morgan fingerprint density at radius 1 is 1.18 bits per heavy atom. The number of fused-ring (bicyclic) bond motifs is 3. The molecule has 5 rings (SSSR count). The number of anilines is 1. The summed E-state index contributed by atoms with van der Waals surface area (Å²) in [6, 6.07) is 0. The van der Waals surface area contributed by atoms with Gasteiger partial charge in [-0.3, -0.25) is 4.79 Å². The van der Waals surface area contributed by atoms with Crippen molar-refractivity contribution in [1.82, 2.24) is 14.9 Å². The molecule has 0 aromatic carbocycles. The second-order valence-corrected chi connectivity index (χ2v) is 9.98. The molecule has 0 unspecified atom stereocenters. The van der Waals surface area contributed by atoms with Gasteiger partial charge < -0.3 is 9.80 Å². The number of carbonyl (C=O) groups excluding carboxylic acids is 1. The highest BCUT2D eigenvalue weighted by molar-refractivity contribution is 7.19. The van der Waals surface area contributed by atoms with Crippen LogP contribution >= 0.6 is 22.9 Å². The lowest BCUT2D eigenvalue weighted by molar-refractivity contribution is -0.131. The number of alkyl halides is 1. The van der Waals surface area contributed by atoms with Crippen LogP contribution in [0.5, 0.6) is 0 Å². The molecular formula is C21H27ClN4OS. The maximum absolute atomic E-state index is 12.2. The molecule has 1 saturated carbocycles. The molecule has 28 heavy (non-hydrogen) atoms. The van der Waals surface area contributed by atoms with Gasteiger partial charge in [0.25, 0.3) is 0 Å². The second kappa shape index (κ2) is 7.45. The number of carbonyl (C=O) groups is 1. The van der Waals surface area contributed by atoms with Gasteiger partial charge in [-0.2, -0.15) is 0 Å². The van der Waals surface area contributed by atoms with E-state index in [0.717, 1.165) is 50.2 Å². The normalized spacial score (nSPS) is 22.6. The van der Waals surface area contributed by atoms with E-state index in [2.05, 4.69) is 11.8 Å². The van der Waals surface area contributed by atoms with E-state index in [9.17, 15) is 4.79 Å². The molecule has 1 atom stereocenters. The Morgan fingerprint density at radius 3 is 2.68 bits per heavy atom. The number of piperazine rings is 1. The standard InChI is InChI=1S/C21H27ClN4OS/c1-13-2-5-15-16(12-13)28-21-18(15)20(23-19(24-21)14-3-4-14)26-10-8-25(9-11-26)17(27)6-7-22/h13-14H,2-12H2,1H3/t13-/m0/s1. The molecule has 2 aromatic heterocycles. The fourth-order valence-electron chi connectivity index (χ4n) is 4.50. The zero-order chi connectivity index (χ0) is 19.3. The van der Waals surface area contributed by atoms with Crippen molar-refractivity contribution >= 4 is 44.9 Å². The van der Waals surface area contributed by atoms with Gasteiger partial charge in [0.05, 0.1) is 5.39 Å². The van der Waals surface area contributed by atoms with Crippen molar-refractivity contribution in [2.24, 2.45) is 5.92 Å². The van der Waals surface area contributed by atoms with Crippen LogP contribution in [0, 0.1) is 5.92 Å². The van der Waals surface area contributed by atoms with Crippen LogP contribution in [0.15, 0.2) is 0 Å². The van der Waals surface area contributed by atoms with E-state index >= 15 is 0 Å². The van der Waals surface area contributed by atoms with Gasteiger partial charge in [0.1, 0.15) is 16.5 Å². The summed E-state index contributed by atoms with van der Waals surface area (Å²) in [6.07, 6.45) is 6.44. The summed E-state index contributed by atoms with van der Waals surface area (Å²) in [4.78, 5) is 29.3. The molecule has 1 saturated heterocycles. The largest absolute Gasteiger partial charge is 0.352 e. The number of aromatic nitrogens is 2. The fourth-order valence-corrected chi connectivity index (χ4v) is 6.04. The summed E-state index contributed by atoms with van der Waals surface area (Å²) >= 11 is 7.65. The topological polar surface area (TPSA) is 49.3 Å². The molecule has 1 amide bonds. The lowest BCUT2D eigenvalue weighted by Gasteiger charge is -2.36. The number of halogens is 1. The first-order chi connectivity index (χ1) is 13.6. The summed E-state index contributed by atoms with van der Waals surface area (Å²) in [5.41, 5.74) is 1.50. The minimum absolute atomic E-state index is 0.169. The average Bonchev–Trinajstić information content (AvgIpc) is 3.48. The van der Waals surface area contributed by atoms with Crippen LogP contribution in [-0.2, 0) is 17.6 Å². The zero-order valence-electron chi connectivity index (χ0n) is 16.4. The third kappa shape index (κ3) is 3.39. The predicted octanol–water partition coefficient (Wildman–Crippen LogP) is 3.97. The van der Waals surface area contributed by atoms with Gasteiger partial charge in [-0.15, -0.1) is 22.9 Å². The van der Waals surface area contributed by atoms with Crippen molar-refractivity contribution in [3.05, 3.63) is 16.3 Å². The number of thiophene rings is 1. The smallest absolute Gasteiger partial charge is 0.223 e. The molecule has 7 heteroatoms. The molecule has 2 aliphatic carbocycles. The minimum Gasteiger partial charge on any atom is -0.352 e. The maximum atomic E-state index is 12.2. The molecular weight excluding hydrogens is 392 g/mol. The molecule has 2 fully saturated rings. The first kappa shape index (κ1) is 18.6. The Morgan fingerprint density at radius 2 is 1.96 bits per heavy atom. The highest BCUT2D eigenvalue weighted by Crippen LogP contribution is 2.44. The van der Waals surface area contributed by atoms with Gasteiger partial charge in [0.2, 0.25) is 5.91 Å². The van der Waals surface area contributed by atoms with E-state index in [1.165, 1.54) is 46.3 Å². The highest BCUT2D eigenvalue weighted by atomic mass is 35.5. The first-order valence-corrected chi connectivity index (χ1v) is 11.9. The van der Waals surface area contributed by atoms with Crippen LogP contribution in [-0.4, -0.2) is 52.8 Å². The predicted molar refractivity (Wildman–Crippen MR) is 115 cm³/mol. The monoisotopic (exact) mass is 418 g/mol. The summed E-state index contributed by atoms with van der Waals surface area (Å²) < 4.78 is 0. The van der Waals surface area contributed by atoms with E-state index in [1.54, 1.807) is 0 Å². The second-order valence-electron chi connectivity index (χ2n) is 8.52. The van der Waals surface area contributed by atoms with Crippen LogP contribution in [0.25, 0.3) is 10.2 Å². The Labute approximate surface area is 175 Å². The van der Waals surface area contributed by atoms with Crippen LogP contribution in [0.1, 0.15) is 54.8 Å². The molecule has 3 heterocycles. The highest BCUT2D eigenvalue weighted by Gasteiger charge is 2.32. The summed E-state index contributed by atoms with van der Waals surface area (Å²) in [5.74, 6) is 4.04. The third-order valence-corrected chi connectivity index (χ3v) is 7.67. The number of hydrogen-bond acceptors (Lipinski definition) is 5. The van der Waals surface area contributed by atoms with Crippen LogP contribution in [0.3, 0.4) is 0 Å². The molecule has 5 nitrogen and oxygen atoms in total. The molecule has 0 radical (unpaired) electrons. The average molecular weight is 419 g/mol. The third-order valence-electron chi connectivity index (χ3n) is 6.34. The number of amides is 1. The maximum Gasteiger partial charge on any atom is 0.223 e. The zero-order valence-corrected chi connectivity index (χ0v) is 18.0. The van der Waals surface area contributed by atoms with Crippen molar-refractivity contribution in [2.45, 2.75) is 51.4 Å². The summed E-state index contributed by atoms with van der Waals surface area (Å²) in [6.45, 7) is 5.54. The van der Waals surface area contributed by atoms with Gasteiger partial charge in [0.15, 0.2) is 0 Å². The quantitative estimate of drug-likeness (QED) is 0.705. The van der Waals surface area contributed by atoms with Crippen molar-refractivity contribution in [3.63, 3.8) is 0 Å². The van der Waals surface area contributed by atoms with Crippen LogP contribution in [0.2, 0.25) is 0 Å². The summed E-state index contributed by atoms with van der Waals surface area (Å²) in [5, 5.41) is 1.30. The van der Waals surface area contributed by atoms with E-state index in [-0.39, 0.29) is 5.91 Å². The van der Waals surface area contributed by atoms with Crippen LogP contribution in [0.4, 0.5) is 5.82 Å². The van der Waals surface area contributed by atoms with Crippen molar-refractivity contribution < 1.29 is 4.79 Å². The molecule has 0 bridgehead atoms. The Balaban J connectivity index is 1.49. The van der Waals surface area contributed by atoms with Gasteiger partial charge in [-0.05, 0) is 43.6 Å². The SMILES string of the molecule is C[C@H]1CCc2c(sc3nc(C4CC4)nc(N4CCN(C(=O)CCCl)CC4)c23)C1. The van der Waals surface area contributed by atoms with Gasteiger partial charge in [0, 0.05) is 49.3 Å². The molecule has 0 spiro atoms. The van der Waals surface area contributed by atoms with Gasteiger partial charge in [-0.25, -0.2) is 9.97 Å². The first-order valence-electron chi connectivity index (χ1n) is 10.5. The van der Waals surface area contributed by atoms with E-state index in [4.69, 9.17) is 21.6 Å². The van der Waals surface area contributed by atoms with Crippen molar-refractivity contribution in [2.75, 3.05) is 37.0 Å². The number of aryl methyl sites for hydroxylation is 1. The fraction of sp³-hybridized carbons (Fsp3) is 0.667. The Kier molecular flexibility index (Phi) is 4.95. The van der Waals surface area contributed by atoms with E-state index in [0.29, 0.717) is 18.2 Å². The van der Waals surface area contributed by atoms with Crippen LogP contribution < -0.4 is 4.90 Å². The van der Waals surface area contributed by atoms with E-state index < -0.39 is 0 Å². The Hall–Kier alpha value is -1.40. The van der Waals surface area contributed by atoms with Gasteiger partial charge in [-0.1, -0.05) is 6.92 Å². The van der Waals surface area contributed by atoms with Crippen molar-refractivity contribution in [1.29, 1.82) is 0 Å². The molecule has 150 valence electrons.